The van der Waals surface area contributed by atoms with E-state index in [2.05, 4.69) is 0 Å². The van der Waals surface area contributed by atoms with Gasteiger partial charge in [0, 0.05) is 23.1 Å². The molecule has 0 bridgehead atoms. The number of hydrogen-bond acceptors (Lipinski definition) is 7. The summed E-state index contributed by atoms with van der Waals surface area (Å²) in [6.07, 6.45) is 6.56. The van der Waals surface area contributed by atoms with Crippen molar-refractivity contribution in [3.63, 3.8) is 0 Å². The van der Waals surface area contributed by atoms with Crippen LogP contribution in [0.4, 0.5) is 0 Å². The van der Waals surface area contributed by atoms with Crippen molar-refractivity contribution in [2.45, 2.75) is 33.1 Å². The number of benzene rings is 1. The molecule has 0 spiro atoms. The van der Waals surface area contributed by atoms with Gasteiger partial charge in [-0.25, -0.2) is 9.59 Å². The Hall–Kier alpha value is -2.61. The predicted molar refractivity (Wildman–Crippen MR) is 101 cm³/mol. The van der Waals surface area contributed by atoms with Crippen molar-refractivity contribution in [2.75, 3.05) is 12.9 Å². The summed E-state index contributed by atoms with van der Waals surface area (Å²) in [7, 11) is -3.73. The van der Waals surface area contributed by atoms with E-state index >= 15 is 0 Å². The molecule has 0 amide bonds. The molecule has 0 aliphatic carbocycles. The molecule has 0 radical (unpaired) electrons. The maximum atomic E-state index is 11.8. The highest BCUT2D eigenvalue weighted by atomic mass is 32.2. The van der Waals surface area contributed by atoms with E-state index in [4.69, 9.17) is 13.7 Å². The summed E-state index contributed by atoms with van der Waals surface area (Å²) in [6, 6.07) is 4.26. The van der Waals surface area contributed by atoms with Gasteiger partial charge in [0.1, 0.15) is 18.1 Å². The maximum Gasteiger partial charge on any atom is 0.335 e. The van der Waals surface area contributed by atoms with Crippen molar-refractivity contribution in [3.8, 4) is 11.5 Å². The molecule has 0 aromatic heterocycles. The van der Waals surface area contributed by atoms with E-state index in [0.717, 1.165) is 6.26 Å². The first-order valence-corrected chi connectivity index (χ1v) is 9.98. The monoisotopic (exact) mass is 396 g/mol. The fourth-order valence-corrected chi connectivity index (χ4v) is 2.60. The van der Waals surface area contributed by atoms with Crippen molar-refractivity contribution in [3.05, 3.63) is 48.1 Å². The second kappa shape index (κ2) is 9.36. The Kier molecular flexibility index (Phi) is 7.78. The van der Waals surface area contributed by atoms with Gasteiger partial charge in [-0.15, -0.1) is 0 Å². The molecule has 0 heterocycles. The third kappa shape index (κ3) is 7.65. The lowest BCUT2D eigenvalue weighted by atomic mass is 9.84. The largest absolute Gasteiger partial charge is 0.462 e. The van der Waals surface area contributed by atoms with E-state index in [-0.39, 0.29) is 18.1 Å². The van der Waals surface area contributed by atoms with Gasteiger partial charge in [0.15, 0.2) is 0 Å². The molecule has 1 rings (SSSR count). The molecule has 148 valence electrons. The fourth-order valence-electron chi connectivity index (χ4n) is 2.15. The minimum atomic E-state index is -3.73. The zero-order valence-corrected chi connectivity index (χ0v) is 16.8. The number of allylic oxidation sites excluding steroid dienone is 2. The van der Waals surface area contributed by atoms with Gasteiger partial charge in [0.2, 0.25) is 0 Å². The van der Waals surface area contributed by atoms with Crippen molar-refractivity contribution < 1.29 is 31.7 Å². The van der Waals surface area contributed by atoms with Crippen LogP contribution in [0.15, 0.2) is 42.5 Å². The number of ether oxygens (including phenoxy) is 2. The third-order valence-electron chi connectivity index (χ3n) is 3.32. The Morgan fingerprint density at radius 1 is 1.07 bits per heavy atom. The molecule has 1 aromatic carbocycles. The molecule has 27 heavy (non-hydrogen) atoms. The minimum Gasteiger partial charge on any atom is -0.462 e. The Morgan fingerprint density at radius 2 is 1.67 bits per heavy atom. The van der Waals surface area contributed by atoms with Crippen LogP contribution in [0, 0.1) is 0 Å². The Bertz CT molecular complexity index is 849. The van der Waals surface area contributed by atoms with Crippen LogP contribution in [-0.2, 0) is 29.9 Å². The number of esters is 2. The average Bonchev–Trinajstić information content (AvgIpc) is 2.53. The van der Waals surface area contributed by atoms with E-state index in [1.54, 1.807) is 33.8 Å². The molecule has 0 aliphatic heterocycles. The van der Waals surface area contributed by atoms with Crippen molar-refractivity contribution in [2.24, 2.45) is 0 Å². The third-order valence-corrected chi connectivity index (χ3v) is 3.81. The molecular formula is C19H24O7S. The van der Waals surface area contributed by atoms with Gasteiger partial charge in [-0.05, 0) is 32.0 Å². The molecule has 1 aromatic rings. The number of hydrogen-bond donors (Lipinski definition) is 0. The van der Waals surface area contributed by atoms with Gasteiger partial charge in [0.25, 0.3) is 0 Å². The highest BCUT2D eigenvalue weighted by molar-refractivity contribution is 7.86. The molecule has 0 saturated carbocycles. The van der Waals surface area contributed by atoms with Gasteiger partial charge >= 0.3 is 22.1 Å². The van der Waals surface area contributed by atoms with Gasteiger partial charge < -0.3 is 13.7 Å². The summed E-state index contributed by atoms with van der Waals surface area (Å²) in [6.45, 7) is 6.88. The Morgan fingerprint density at radius 3 is 2.22 bits per heavy atom. The summed E-state index contributed by atoms with van der Waals surface area (Å²) < 4.78 is 38.3. The number of carbonyl (C=O) groups is 2. The zero-order chi connectivity index (χ0) is 20.7. The molecular weight excluding hydrogens is 372 g/mol. The number of carbonyl (C=O) groups excluding carboxylic acids is 2. The van der Waals surface area contributed by atoms with E-state index in [1.165, 1.54) is 36.4 Å². The average molecular weight is 396 g/mol. The van der Waals surface area contributed by atoms with Crippen molar-refractivity contribution >= 4 is 22.1 Å². The quantitative estimate of drug-likeness (QED) is 0.288. The first-order valence-electron chi connectivity index (χ1n) is 8.16. The molecule has 0 unspecified atom stereocenters. The summed E-state index contributed by atoms with van der Waals surface area (Å²) >= 11 is 0. The van der Waals surface area contributed by atoms with E-state index in [1.807, 2.05) is 0 Å². The van der Waals surface area contributed by atoms with Crippen molar-refractivity contribution in [1.82, 2.24) is 0 Å². The molecule has 0 fully saturated rings. The van der Waals surface area contributed by atoms with Gasteiger partial charge in [-0.2, -0.15) is 8.42 Å². The first-order chi connectivity index (χ1) is 12.5. The van der Waals surface area contributed by atoms with E-state index in [0.29, 0.717) is 5.56 Å². The molecule has 0 aliphatic rings. The lowest BCUT2D eigenvalue weighted by Crippen LogP contribution is -2.27. The van der Waals surface area contributed by atoms with Gasteiger partial charge in [0.05, 0.1) is 6.26 Å². The highest BCUT2D eigenvalue weighted by Crippen LogP contribution is 2.35. The Labute approximate surface area is 159 Å². The standard InChI is InChI=1S/C19H24O7S/c1-6-8-17(20)24-13-19(3,4)15-12-14(26-27(5,22)23)10-11-16(15)25-18(21)9-7-2/h6-12H,13H2,1-5H3/b8-6+,9-7+. The van der Waals surface area contributed by atoms with Crippen LogP contribution in [-0.4, -0.2) is 33.2 Å². The fraction of sp³-hybridized carbons (Fsp3) is 0.368. The van der Waals surface area contributed by atoms with Crippen molar-refractivity contribution in [1.29, 1.82) is 0 Å². The predicted octanol–water partition coefficient (Wildman–Crippen LogP) is 2.90. The Balaban J connectivity index is 3.28. The molecule has 0 saturated heterocycles. The van der Waals surface area contributed by atoms with E-state index < -0.39 is 27.5 Å². The summed E-state index contributed by atoms with van der Waals surface area (Å²) in [5.41, 5.74) is -0.339. The highest BCUT2D eigenvalue weighted by Gasteiger charge is 2.28. The molecule has 0 N–H and O–H groups in total. The minimum absolute atomic E-state index is 0.0212. The van der Waals surface area contributed by atoms with Gasteiger partial charge in [-0.1, -0.05) is 26.0 Å². The van der Waals surface area contributed by atoms with Crippen LogP contribution in [0.5, 0.6) is 11.5 Å². The van der Waals surface area contributed by atoms with Crippen LogP contribution < -0.4 is 8.92 Å². The molecule has 8 heteroatoms. The van der Waals surface area contributed by atoms with Crippen LogP contribution in [0.1, 0.15) is 33.3 Å². The van der Waals surface area contributed by atoms with Gasteiger partial charge in [-0.3, -0.25) is 0 Å². The maximum absolute atomic E-state index is 11.8. The summed E-state index contributed by atoms with van der Waals surface area (Å²) in [5.74, 6) is -0.823. The lowest BCUT2D eigenvalue weighted by Gasteiger charge is -2.27. The normalized spacial score (nSPS) is 12.3. The SMILES string of the molecule is C/C=C/C(=O)OCC(C)(C)c1cc(OS(C)(=O)=O)ccc1OC(=O)/C=C/C. The number of rotatable bonds is 8. The van der Waals surface area contributed by atoms with E-state index in [9.17, 15) is 18.0 Å². The summed E-state index contributed by atoms with van der Waals surface area (Å²) in [5, 5.41) is 0. The van der Waals surface area contributed by atoms with Crippen LogP contribution >= 0.6 is 0 Å². The van der Waals surface area contributed by atoms with Crippen LogP contribution in [0.25, 0.3) is 0 Å². The smallest absolute Gasteiger partial charge is 0.335 e. The second-order valence-corrected chi connectivity index (χ2v) is 7.93. The molecule has 7 nitrogen and oxygen atoms in total. The first kappa shape index (κ1) is 22.4. The molecule has 0 atom stereocenters. The lowest BCUT2D eigenvalue weighted by molar-refractivity contribution is -0.139. The zero-order valence-electron chi connectivity index (χ0n) is 16.0. The van der Waals surface area contributed by atoms with Crippen LogP contribution in [0.2, 0.25) is 0 Å². The van der Waals surface area contributed by atoms with Crippen LogP contribution in [0.3, 0.4) is 0 Å². The topological polar surface area (TPSA) is 96.0 Å². The summed E-state index contributed by atoms with van der Waals surface area (Å²) in [4.78, 5) is 23.4. The second-order valence-electron chi connectivity index (χ2n) is 6.36.